The molecule has 0 aliphatic rings. The van der Waals surface area contributed by atoms with Gasteiger partial charge < -0.3 is 5.32 Å². The zero-order chi connectivity index (χ0) is 18.8. The number of pyridine rings is 1. The maximum Gasteiger partial charge on any atom is 0.235 e. The molecule has 0 bridgehead atoms. The summed E-state index contributed by atoms with van der Waals surface area (Å²) in [6.45, 7) is 2.17. The molecule has 140 valence electrons. The van der Waals surface area contributed by atoms with Crippen LogP contribution in [0.3, 0.4) is 0 Å². The highest BCUT2D eigenvalue weighted by molar-refractivity contribution is 7.99. The molecule has 1 heterocycles. The number of rotatable bonds is 10. The highest BCUT2D eigenvalue weighted by Crippen LogP contribution is 2.13. The number of aryl methyl sites for hydroxylation is 1. The molecule has 0 atom stereocenters. The van der Waals surface area contributed by atoms with Gasteiger partial charge in [0.05, 0.1) is 17.3 Å². The lowest BCUT2D eigenvalue weighted by molar-refractivity contribution is -0.119. The molecule has 0 fully saturated rings. The van der Waals surface area contributed by atoms with Crippen molar-refractivity contribution in [2.24, 2.45) is 0 Å². The molecule has 0 saturated heterocycles. The summed E-state index contributed by atoms with van der Waals surface area (Å²) >= 11 is 1.53. The van der Waals surface area contributed by atoms with E-state index >= 15 is 0 Å². The molecular weight excluding hydrogens is 370 g/mol. The van der Waals surface area contributed by atoms with Crippen molar-refractivity contribution in [2.75, 3.05) is 18.8 Å². The van der Waals surface area contributed by atoms with Crippen molar-refractivity contribution in [3.63, 3.8) is 0 Å². The zero-order valence-corrected chi connectivity index (χ0v) is 16.3. The van der Waals surface area contributed by atoms with Gasteiger partial charge in [-0.3, -0.25) is 4.79 Å². The van der Waals surface area contributed by atoms with Crippen LogP contribution >= 0.6 is 11.8 Å². The summed E-state index contributed by atoms with van der Waals surface area (Å²) in [7, 11) is -3.56. The van der Waals surface area contributed by atoms with E-state index in [2.05, 4.69) is 15.0 Å². The number of benzene rings is 1. The molecule has 1 aromatic heterocycles. The fourth-order valence-electron chi connectivity index (χ4n) is 2.32. The van der Waals surface area contributed by atoms with E-state index in [1.807, 2.05) is 43.3 Å². The Morgan fingerprint density at radius 2 is 1.85 bits per heavy atom. The Balaban J connectivity index is 1.72. The summed E-state index contributed by atoms with van der Waals surface area (Å²) in [6.07, 6.45) is 2.48. The monoisotopic (exact) mass is 393 g/mol. The summed E-state index contributed by atoms with van der Waals surface area (Å²) in [6, 6.07) is 13.1. The molecule has 2 rings (SSSR count). The Bertz CT molecular complexity index is 811. The quantitative estimate of drug-likeness (QED) is 0.476. The van der Waals surface area contributed by atoms with Gasteiger partial charge in [-0.05, 0) is 29.7 Å². The smallest absolute Gasteiger partial charge is 0.235 e. The van der Waals surface area contributed by atoms with Crippen LogP contribution in [0.4, 0.5) is 0 Å². The molecule has 0 saturated carbocycles. The van der Waals surface area contributed by atoms with Crippen molar-refractivity contribution in [2.45, 2.75) is 24.1 Å². The minimum absolute atomic E-state index is 0.125. The molecule has 0 radical (unpaired) electrons. The topological polar surface area (TPSA) is 88.2 Å². The standard InChI is InChI=1S/C18H23N3O3S2/c1-2-15-7-3-4-8-16(15)14-26(23,24)21-13-17(22)19-11-12-25-18-9-5-6-10-20-18/h3-10,21H,2,11-14H2,1H3,(H,19,22). The van der Waals surface area contributed by atoms with Gasteiger partial charge in [0.25, 0.3) is 0 Å². The number of sulfonamides is 1. The molecular formula is C18H23N3O3S2. The first-order valence-electron chi connectivity index (χ1n) is 8.35. The third-order valence-corrected chi connectivity index (χ3v) is 5.83. The van der Waals surface area contributed by atoms with E-state index in [4.69, 9.17) is 0 Å². The van der Waals surface area contributed by atoms with Crippen LogP contribution in [0.15, 0.2) is 53.7 Å². The average Bonchev–Trinajstić information content (AvgIpc) is 2.65. The third kappa shape index (κ3) is 7.15. The van der Waals surface area contributed by atoms with Gasteiger partial charge in [-0.15, -0.1) is 11.8 Å². The van der Waals surface area contributed by atoms with E-state index in [-0.39, 0.29) is 18.2 Å². The summed E-state index contributed by atoms with van der Waals surface area (Å²) < 4.78 is 26.7. The number of hydrogen-bond acceptors (Lipinski definition) is 5. The maximum atomic E-state index is 12.2. The Morgan fingerprint density at radius 3 is 2.54 bits per heavy atom. The zero-order valence-electron chi connectivity index (χ0n) is 14.6. The summed E-state index contributed by atoms with van der Waals surface area (Å²) in [5.74, 6) is 0.193. The lowest BCUT2D eigenvalue weighted by Crippen LogP contribution is -2.38. The normalized spacial score (nSPS) is 11.3. The molecule has 1 amide bonds. The highest BCUT2D eigenvalue weighted by atomic mass is 32.2. The first kappa shape index (κ1) is 20.4. The Kier molecular flexibility index (Phi) is 8.08. The van der Waals surface area contributed by atoms with Gasteiger partial charge in [0, 0.05) is 18.5 Å². The third-order valence-electron chi connectivity index (χ3n) is 3.61. The number of nitrogens with one attached hydrogen (secondary N) is 2. The number of hydrogen-bond donors (Lipinski definition) is 2. The van der Waals surface area contributed by atoms with Crippen LogP contribution in [0.25, 0.3) is 0 Å². The summed E-state index contributed by atoms with van der Waals surface area (Å²) in [4.78, 5) is 16.0. The number of carbonyl (C=O) groups is 1. The lowest BCUT2D eigenvalue weighted by atomic mass is 10.1. The molecule has 0 aliphatic heterocycles. The fraction of sp³-hybridized carbons (Fsp3) is 0.333. The van der Waals surface area contributed by atoms with Crippen LogP contribution in [0, 0.1) is 0 Å². The van der Waals surface area contributed by atoms with Gasteiger partial charge in [0.1, 0.15) is 0 Å². The van der Waals surface area contributed by atoms with E-state index in [1.165, 1.54) is 11.8 Å². The summed E-state index contributed by atoms with van der Waals surface area (Å²) in [5.41, 5.74) is 1.75. The van der Waals surface area contributed by atoms with Crippen LogP contribution in [0.2, 0.25) is 0 Å². The number of amides is 1. The molecule has 26 heavy (non-hydrogen) atoms. The molecule has 2 N–H and O–H groups in total. The maximum absolute atomic E-state index is 12.2. The Labute approximate surface area is 158 Å². The average molecular weight is 394 g/mol. The molecule has 2 aromatic rings. The molecule has 1 aromatic carbocycles. The second-order valence-corrected chi connectivity index (χ2v) is 8.49. The summed E-state index contributed by atoms with van der Waals surface area (Å²) in [5, 5.41) is 3.58. The first-order chi connectivity index (χ1) is 12.5. The Hall–Kier alpha value is -1.90. The molecule has 0 aliphatic carbocycles. The molecule has 8 heteroatoms. The Morgan fingerprint density at radius 1 is 1.12 bits per heavy atom. The van der Waals surface area contributed by atoms with Crippen molar-refractivity contribution in [3.8, 4) is 0 Å². The van der Waals surface area contributed by atoms with Gasteiger partial charge in [-0.2, -0.15) is 0 Å². The minimum Gasteiger partial charge on any atom is -0.354 e. The van der Waals surface area contributed by atoms with Crippen LogP contribution in [0.5, 0.6) is 0 Å². The van der Waals surface area contributed by atoms with Crippen LogP contribution in [-0.4, -0.2) is 38.2 Å². The second-order valence-electron chi connectivity index (χ2n) is 5.57. The van der Waals surface area contributed by atoms with Crippen LogP contribution in [0.1, 0.15) is 18.1 Å². The van der Waals surface area contributed by atoms with E-state index in [9.17, 15) is 13.2 Å². The van der Waals surface area contributed by atoms with Crippen LogP contribution in [-0.2, 0) is 27.0 Å². The highest BCUT2D eigenvalue weighted by Gasteiger charge is 2.15. The lowest BCUT2D eigenvalue weighted by Gasteiger charge is -2.10. The second kappa shape index (κ2) is 10.3. The number of carbonyl (C=O) groups excluding carboxylic acids is 1. The number of nitrogens with zero attached hydrogens (tertiary/aromatic N) is 1. The van der Waals surface area contributed by atoms with Crippen molar-refractivity contribution in [3.05, 3.63) is 59.8 Å². The van der Waals surface area contributed by atoms with Gasteiger partial charge in [0.15, 0.2) is 0 Å². The van der Waals surface area contributed by atoms with Gasteiger partial charge >= 0.3 is 0 Å². The predicted octanol–water partition coefficient (Wildman–Crippen LogP) is 1.97. The molecule has 6 nitrogen and oxygen atoms in total. The van der Waals surface area contributed by atoms with Gasteiger partial charge in [0.2, 0.25) is 15.9 Å². The van der Waals surface area contributed by atoms with Crippen molar-refractivity contribution in [1.82, 2.24) is 15.0 Å². The largest absolute Gasteiger partial charge is 0.354 e. The molecule has 0 spiro atoms. The van der Waals surface area contributed by atoms with Crippen molar-refractivity contribution >= 4 is 27.7 Å². The molecule has 0 unspecified atom stereocenters. The first-order valence-corrected chi connectivity index (χ1v) is 11.0. The number of aromatic nitrogens is 1. The van der Waals surface area contributed by atoms with Gasteiger partial charge in [-0.25, -0.2) is 18.1 Å². The predicted molar refractivity (Wildman–Crippen MR) is 104 cm³/mol. The van der Waals surface area contributed by atoms with Crippen molar-refractivity contribution in [1.29, 1.82) is 0 Å². The van der Waals surface area contributed by atoms with E-state index in [0.29, 0.717) is 12.3 Å². The fourth-order valence-corrected chi connectivity index (χ4v) is 4.18. The van der Waals surface area contributed by atoms with E-state index in [1.54, 1.807) is 12.3 Å². The SMILES string of the molecule is CCc1ccccc1CS(=O)(=O)NCC(=O)NCCSc1ccccn1. The number of thioether (sulfide) groups is 1. The minimum atomic E-state index is -3.56. The van der Waals surface area contributed by atoms with Crippen molar-refractivity contribution < 1.29 is 13.2 Å². The van der Waals surface area contributed by atoms with E-state index in [0.717, 1.165) is 22.6 Å². The van der Waals surface area contributed by atoms with Crippen LogP contribution < -0.4 is 10.0 Å². The van der Waals surface area contributed by atoms with Gasteiger partial charge in [-0.1, -0.05) is 37.3 Å². The van der Waals surface area contributed by atoms with E-state index < -0.39 is 10.0 Å².